The molecular weight excluding hydrogens is 492 g/mol. The Labute approximate surface area is 222 Å². The summed E-state index contributed by atoms with van der Waals surface area (Å²) < 4.78 is 11.5. The number of piperazine rings is 1. The first-order valence-corrected chi connectivity index (χ1v) is 12.4. The number of nitrogens with one attached hydrogen (secondary N) is 2. The summed E-state index contributed by atoms with van der Waals surface area (Å²) in [4.78, 5) is 25.1. The van der Waals surface area contributed by atoms with Gasteiger partial charge in [0.2, 0.25) is 17.7 Å². The molecule has 9 nitrogen and oxygen atoms in total. The van der Waals surface area contributed by atoms with E-state index in [1.807, 2.05) is 12.1 Å². The van der Waals surface area contributed by atoms with Crippen LogP contribution in [0.1, 0.15) is 5.56 Å². The van der Waals surface area contributed by atoms with Crippen molar-refractivity contribution >= 4 is 34.8 Å². The Bertz CT molecular complexity index is 1250. The largest absolute Gasteiger partial charge is 0.495 e. The third-order valence-electron chi connectivity index (χ3n) is 6.04. The second kappa shape index (κ2) is 12.5. The number of aromatic nitrogens is 2. The number of methoxy groups -OCH3 is 1. The van der Waals surface area contributed by atoms with Crippen LogP contribution in [0.5, 0.6) is 17.4 Å². The van der Waals surface area contributed by atoms with E-state index in [4.69, 9.17) is 21.1 Å². The fourth-order valence-corrected chi connectivity index (χ4v) is 4.03. The van der Waals surface area contributed by atoms with E-state index in [1.54, 1.807) is 31.4 Å². The number of carbonyl (C=O) groups is 1. The number of amides is 1. The van der Waals surface area contributed by atoms with Crippen molar-refractivity contribution in [3.8, 4) is 17.4 Å². The molecule has 1 saturated heterocycles. The average molecular weight is 523 g/mol. The molecule has 4 rings (SSSR count). The lowest BCUT2D eigenvalue weighted by atomic mass is 10.1. The van der Waals surface area contributed by atoms with Gasteiger partial charge in [-0.05, 0) is 49.4 Å². The first kappa shape index (κ1) is 26.4. The van der Waals surface area contributed by atoms with Crippen molar-refractivity contribution in [2.24, 2.45) is 0 Å². The minimum absolute atomic E-state index is 0.175. The third kappa shape index (κ3) is 7.42. The fraction of sp³-hybridized carbons (Fsp3) is 0.296. The van der Waals surface area contributed by atoms with Crippen molar-refractivity contribution in [2.45, 2.75) is 6.42 Å². The SMILES string of the molecule is C=CC(=O)Nc1cccc(Oc2nc(Nc3ccc(CCN4CCN(C)CC4)cc3OC)ncc2Cl)c1. The Hall–Kier alpha value is -3.66. The number of ether oxygens (including phenoxy) is 2. The Morgan fingerprint density at radius 3 is 2.76 bits per heavy atom. The van der Waals surface area contributed by atoms with Crippen LogP contribution in [0, 0.1) is 0 Å². The van der Waals surface area contributed by atoms with Crippen LogP contribution in [-0.4, -0.2) is 72.6 Å². The summed E-state index contributed by atoms with van der Waals surface area (Å²) in [6.45, 7) is 8.88. The zero-order valence-corrected chi connectivity index (χ0v) is 21.8. The number of rotatable bonds is 10. The molecule has 0 radical (unpaired) electrons. The van der Waals surface area contributed by atoms with Gasteiger partial charge in [0.25, 0.3) is 0 Å². The van der Waals surface area contributed by atoms with Gasteiger partial charge in [-0.25, -0.2) is 4.98 Å². The molecule has 0 bridgehead atoms. The number of benzene rings is 2. The van der Waals surface area contributed by atoms with E-state index >= 15 is 0 Å². The molecule has 2 N–H and O–H groups in total. The molecule has 0 spiro atoms. The predicted octanol–water partition coefficient (Wildman–Crippen LogP) is 4.59. The van der Waals surface area contributed by atoms with Crippen molar-refractivity contribution in [3.63, 3.8) is 0 Å². The Kier molecular flexibility index (Phi) is 8.95. The molecule has 2 heterocycles. The fourth-order valence-electron chi connectivity index (χ4n) is 3.90. The molecule has 10 heteroatoms. The number of hydrogen-bond acceptors (Lipinski definition) is 8. The molecule has 37 heavy (non-hydrogen) atoms. The normalized spacial score (nSPS) is 14.1. The number of carbonyl (C=O) groups excluding carboxylic acids is 1. The highest BCUT2D eigenvalue weighted by Gasteiger charge is 2.15. The monoisotopic (exact) mass is 522 g/mol. The third-order valence-corrected chi connectivity index (χ3v) is 6.30. The van der Waals surface area contributed by atoms with Gasteiger partial charge in [0.1, 0.15) is 16.5 Å². The summed E-state index contributed by atoms with van der Waals surface area (Å²) in [5.74, 6) is 1.31. The van der Waals surface area contributed by atoms with Gasteiger partial charge >= 0.3 is 0 Å². The van der Waals surface area contributed by atoms with Gasteiger partial charge in [-0.15, -0.1) is 0 Å². The molecule has 0 unspecified atom stereocenters. The summed E-state index contributed by atoms with van der Waals surface area (Å²) in [7, 11) is 3.80. The first-order valence-electron chi connectivity index (χ1n) is 12.0. The Morgan fingerprint density at radius 2 is 2.00 bits per heavy atom. The Morgan fingerprint density at radius 1 is 1.19 bits per heavy atom. The van der Waals surface area contributed by atoms with Crippen molar-refractivity contribution < 1.29 is 14.3 Å². The molecule has 3 aromatic rings. The lowest BCUT2D eigenvalue weighted by molar-refractivity contribution is -0.111. The van der Waals surface area contributed by atoms with Gasteiger partial charge < -0.3 is 29.9 Å². The van der Waals surface area contributed by atoms with Crippen LogP contribution in [0.2, 0.25) is 5.02 Å². The second-order valence-corrected chi connectivity index (χ2v) is 9.13. The lowest BCUT2D eigenvalue weighted by Gasteiger charge is -2.32. The van der Waals surface area contributed by atoms with E-state index in [0.29, 0.717) is 23.1 Å². The van der Waals surface area contributed by atoms with Gasteiger partial charge in [-0.3, -0.25) is 4.79 Å². The number of nitrogens with zero attached hydrogens (tertiary/aromatic N) is 4. The molecule has 1 aromatic heterocycles. The highest BCUT2D eigenvalue weighted by atomic mass is 35.5. The molecule has 1 fully saturated rings. The van der Waals surface area contributed by atoms with Crippen LogP contribution in [0.4, 0.5) is 17.3 Å². The zero-order chi connectivity index (χ0) is 26.2. The van der Waals surface area contributed by atoms with E-state index in [-0.39, 0.29) is 16.8 Å². The Balaban J connectivity index is 1.43. The van der Waals surface area contributed by atoms with Crippen molar-refractivity contribution in [1.29, 1.82) is 0 Å². The van der Waals surface area contributed by atoms with Crippen LogP contribution in [0.15, 0.2) is 61.3 Å². The van der Waals surface area contributed by atoms with Crippen LogP contribution in [0.25, 0.3) is 0 Å². The highest BCUT2D eigenvalue weighted by molar-refractivity contribution is 6.31. The molecule has 2 aromatic carbocycles. The van der Waals surface area contributed by atoms with Gasteiger partial charge in [-0.1, -0.05) is 30.3 Å². The summed E-state index contributed by atoms with van der Waals surface area (Å²) >= 11 is 6.29. The second-order valence-electron chi connectivity index (χ2n) is 8.72. The highest BCUT2D eigenvalue weighted by Crippen LogP contribution is 2.32. The number of halogens is 1. The molecule has 1 amide bonds. The maximum absolute atomic E-state index is 11.6. The molecule has 1 aliphatic heterocycles. The zero-order valence-electron chi connectivity index (χ0n) is 21.0. The smallest absolute Gasteiger partial charge is 0.247 e. The van der Waals surface area contributed by atoms with E-state index in [1.165, 1.54) is 17.8 Å². The summed E-state index contributed by atoms with van der Waals surface area (Å²) in [6, 6.07) is 13.0. The van der Waals surface area contributed by atoms with Gasteiger partial charge in [0, 0.05) is 44.5 Å². The van der Waals surface area contributed by atoms with Crippen LogP contribution >= 0.6 is 11.6 Å². The number of likely N-dealkylation sites (N-methyl/N-ethyl adjacent to an activating group) is 1. The standard InChI is InChI=1S/C27H31ClN6O3/c1-4-25(35)30-20-6-5-7-21(17-20)37-26-22(28)18-29-27(32-26)31-23-9-8-19(16-24(23)36-3)10-11-34-14-12-33(2)13-15-34/h4-9,16-18H,1,10-15H2,2-3H3,(H,30,35)(H,29,31,32). The number of hydrogen-bond donors (Lipinski definition) is 2. The molecule has 0 atom stereocenters. The summed E-state index contributed by atoms with van der Waals surface area (Å²) in [5.41, 5.74) is 2.49. The average Bonchev–Trinajstić information content (AvgIpc) is 2.91. The summed E-state index contributed by atoms with van der Waals surface area (Å²) in [6.07, 6.45) is 3.61. The minimum atomic E-state index is -0.317. The van der Waals surface area contributed by atoms with Crippen molar-refractivity contribution in [1.82, 2.24) is 19.8 Å². The predicted molar refractivity (Wildman–Crippen MR) is 146 cm³/mol. The minimum Gasteiger partial charge on any atom is -0.495 e. The number of anilines is 3. The molecular formula is C27H31ClN6O3. The van der Waals surface area contributed by atoms with E-state index in [0.717, 1.165) is 44.8 Å². The molecule has 0 saturated carbocycles. The van der Waals surface area contributed by atoms with Crippen molar-refractivity contribution in [2.75, 3.05) is 57.5 Å². The molecule has 1 aliphatic rings. The van der Waals surface area contributed by atoms with Gasteiger partial charge in [-0.2, -0.15) is 4.98 Å². The van der Waals surface area contributed by atoms with Crippen molar-refractivity contribution in [3.05, 3.63) is 71.9 Å². The summed E-state index contributed by atoms with van der Waals surface area (Å²) in [5, 5.41) is 6.13. The van der Waals surface area contributed by atoms with Crippen LogP contribution in [0.3, 0.4) is 0 Å². The quantitative estimate of drug-likeness (QED) is 0.374. The van der Waals surface area contributed by atoms with Gasteiger partial charge in [0.15, 0.2) is 0 Å². The molecule has 194 valence electrons. The maximum atomic E-state index is 11.6. The van der Waals surface area contributed by atoms with E-state index in [9.17, 15) is 4.79 Å². The maximum Gasteiger partial charge on any atom is 0.247 e. The van der Waals surface area contributed by atoms with E-state index < -0.39 is 0 Å². The topological polar surface area (TPSA) is 91.8 Å². The van der Waals surface area contributed by atoms with Crippen LogP contribution in [-0.2, 0) is 11.2 Å². The lowest BCUT2D eigenvalue weighted by Crippen LogP contribution is -2.45. The molecule has 0 aliphatic carbocycles. The first-order chi connectivity index (χ1) is 17.9. The van der Waals surface area contributed by atoms with E-state index in [2.05, 4.69) is 50.1 Å². The van der Waals surface area contributed by atoms with Crippen LogP contribution < -0.4 is 20.1 Å². The van der Waals surface area contributed by atoms with Gasteiger partial charge in [0.05, 0.1) is 19.0 Å².